The first kappa shape index (κ1) is 10.4. The van der Waals surface area contributed by atoms with Crippen LogP contribution in [0.15, 0.2) is 24.3 Å². The molecule has 2 heterocycles. The Bertz CT molecular complexity index is 568. The molecule has 1 N–H and O–H groups in total. The van der Waals surface area contributed by atoms with Crippen molar-refractivity contribution in [2.45, 2.75) is 13.3 Å². The van der Waals surface area contributed by atoms with Crippen LogP contribution >= 0.6 is 0 Å². The lowest BCUT2D eigenvalue weighted by molar-refractivity contribution is -0.0767. The first-order valence-corrected chi connectivity index (χ1v) is 5.79. The molecule has 0 unspecified atom stereocenters. The average Bonchev–Trinajstić information content (AvgIpc) is 2.94. The number of carbonyl (C=O) groups is 1. The number of amides is 1. The molecule has 1 fully saturated rings. The summed E-state index contributed by atoms with van der Waals surface area (Å²) in [7, 11) is 0. The van der Waals surface area contributed by atoms with Crippen molar-refractivity contribution in [2.75, 3.05) is 13.2 Å². The maximum absolute atomic E-state index is 12.3. The van der Waals surface area contributed by atoms with Crippen LogP contribution in [0.25, 0.3) is 10.9 Å². The van der Waals surface area contributed by atoms with Crippen molar-refractivity contribution in [1.29, 1.82) is 0 Å². The lowest BCUT2D eigenvalue weighted by Gasteiger charge is -2.13. The smallest absolute Gasteiger partial charge is 0.279 e. The Kier molecular flexibility index (Phi) is 2.37. The Hall–Kier alpha value is -1.81. The summed E-state index contributed by atoms with van der Waals surface area (Å²) in [5, 5.41) is 2.42. The van der Waals surface area contributed by atoms with E-state index in [1.54, 1.807) is 0 Å². The van der Waals surface area contributed by atoms with Gasteiger partial charge in [-0.1, -0.05) is 18.2 Å². The number of aryl methyl sites for hydroxylation is 1. The molecule has 0 aliphatic carbocycles. The number of nitrogens with zero attached hydrogens (tertiary/aromatic N) is 1. The van der Waals surface area contributed by atoms with E-state index in [0.717, 1.165) is 28.6 Å². The number of para-hydroxylation sites is 1. The minimum Gasteiger partial charge on any atom is -0.358 e. The molecule has 0 bridgehead atoms. The van der Waals surface area contributed by atoms with Crippen molar-refractivity contribution in [3.8, 4) is 0 Å². The zero-order valence-corrected chi connectivity index (χ0v) is 9.69. The van der Waals surface area contributed by atoms with E-state index in [0.29, 0.717) is 13.2 Å². The first-order valence-electron chi connectivity index (χ1n) is 5.79. The van der Waals surface area contributed by atoms with E-state index in [1.165, 1.54) is 5.06 Å². The predicted molar refractivity (Wildman–Crippen MR) is 64.6 cm³/mol. The molecule has 1 aromatic heterocycles. The molecule has 3 rings (SSSR count). The van der Waals surface area contributed by atoms with Crippen LogP contribution < -0.4 is 0 Å². The molecule has 88 valence electrons. The Morgan fingerprint density at radius 3 is 3.00 bits per heavy atom. The third kappa shape index (κ3) is 1.61. The minimum absolute atomic E-state index is 0.0440. The monoisotopic (exact) mass is 230 g/mol. The highest BCUT2D eigenvalue weighted by atomic mass is 16.7. The number of fused-ring (bicyclic) bond motifs is 1. The van der Waals surface area contributed by atoms with E-state index < -0.39 is 0 Å². The number of aromatic amines is 1. The maximum Gasteiger partial charge on any atom is 0.279 e. The second-order valence-corrected chi connectivity index (χ2v) is 4.26. The van der Waals surface area contributed by atoms with Crippen molar-refractivity contribution >= 4 is 16.8 Å². The molecule has 4 heteroatoms. The second-order valence-electron chi connectivity index (χ2n) is 4.26. The van der Waals surface area contributed by atoms with Crippen molar-refractivity contribution < 1.29 is 9.63 Å². The van der Waals surface area contributed by atoms with Gasteiger partial charge in [-0.05, 0) is 19.4 Å². The van der Waals surface area contributed by atoms with Gasteiger partial charge >= 0.3 is 0 Å². The molecular formula is C13H14N2O2. The van der Waals surface area contributed by atoms with Crippen LogP contribution in [0.5, 0.6) is 0 Å². The van der Waals surface area contributed by atoms with E-state index in [9.17, 15) is 4.79 Å². The molecule has 1 aliphatic heterocycles. The molecule has 17 heavy (non-hydrogen) atoms. The summed E-state index contributed by atoms with van der Waals surface area (Å²) in [6.07, 6.45) is 0.910. The fourth-order valence-corrected chi connectivity index (χ4v) is 2.28. The Labute approximate surface area is 99.1 Å². The fourth-order valence-electron chi connectivity index (χ4n) is 2.28. The van der Waals surface area contributed by atoms with Crippen LogP contribution in [0.2, 0.25) is 0 Å². The van der Waals surface area contributed by atoms with Gasteiger partial charge in [0.05, 0.1) is 18.7 Å². The van der Waals surface area contributed by atoms with Gasteiger partial charge in [-0.2, -0.15) is 0 Å². The van der Waals surface area contributed by atoms with Gasteiger partial charge in [-0.3, -0.25) is 9.63 Å². The van der Waals surface area contributed by atoms with E-state index >= 15 is 0 Å². The zero-order valence-electron chi connectivity index (χ0n) is 9.69. The number of hydroxylamine groups is 2. The van der Waals surface area contributed by atoms with Crippen molar-refractivity contribution in [3.63, 3.8) is 0 Å². The highest BCUT2D eigenvalue weighted by molar-refractivity contribution is 6.07. The lowest BCUT2D eigenvalue weighted by Crippen LogP contribution is -2.26. The molecule has 1 aromatic carbocycles. The average molecular weight is 230 g/mol. The summed E-state index contributed by atoms with van der Waals surface area (Å²) in [4.78, 5) is 20.9. The van der Waals surface area contributed by atoms with Gasteiger partial charge in [-0.25, -0.2) is 5.06 Å². The summed E-state index contributed by atoms with van der Waals surface area (Å²) in [5.74, 6) is -0.0440. The molecule has 0 spiro atoms. The first-order chi connectivity index (χ1) is 8.27. The summed E-state index contributed by atoms with van der Waals surface area (Å²) >= 11 is 0. The highest BCUT2D eigenvalue weighted by Crippen LogP contribution is 2.24. The number of rotatable bonds is 1. The van der Waals surface area contributed by atoms with Crippen molar-refractivity contribution in [1.82, 2.24) is 10.0 Å². The number of carbonyl (C=O) groups excluding carboxylic acids is 1. The lowest BCUT2D eigenvalue weighted by atomic mass is 10.1. The van der Waals surface area contributed by atoms with Crippen molar-refractivity contribution in [3.05, 3.63) is 35.5 Å². The van der Waals surface area contributed by atoms with Gasteiger partial charge in [0.2, 0.25) is 0 Å². The summed E-state index contributed by atoms with van der Waals surface area (Å²) < 4.78 is 0. The summed E-state index contributed by atoms with van der Waals surface area (Å²) in [6, 6.07) is 7.84. The fraction of sp³-hybridized carbons (Fsp3) is 0.308. The van der Waals surface area contributed by atoms with Gasteiger partial charge in [0.1, 0.15) is 0 Å². The van der Waals surface area contributed by atoms with E-state index in [4.69, 9.17) is 4.84 Å². The van der Waals surface area contributed by atoms with E-state index in [2.05, 4.69) is 4.98 Å². The second kappa shape index (κ2) is 3.89. The molecule has 0 atom stereocenters. The van der Waals surface area contributed by atoms with Crippen LogP contribution in [0.1, 0.15) is 22.5 Å². The van der Waals surface area contributed by atoms with Gasteiger partial charge < -0.3 is 4.98 Å². The molecule has 4 nitrogen and oxygen atoms in total. The van der Waals surface area contributed by atoms with Crippen LogP contribution in [-0.4, -0.2) is 29.1 Å². The van der Waals surface area contributed by atoms with Crippen LogP contribution in [0.4, 0.5) is 0 Å². The molecule has 1 amide bonds. The normalized spacial score (nSPS) is 15.7. The van der Waals surface area contributed by atoms with Crippen LogP contribution in [0, 0.1) is 6.92 Å². The van der Waals surface area contributed by atoms with Gasteiger partial charge in [0.25, 0.3) is 5.91 Å². The van der Waals surface area contributed by atoms with Gasteiger partial charge in [0.15, 0.2) is 0 Å². The SMILES string of the molecule is Cc1[nH]c2ccccc2c1C(=O)N1CCCO1. The number of hydrogen-bond donors (Lipinski definition) is 1. The summed E-state index contributed by atoms with van der Waals surface area (Å²) in [5.41, 5.74) is 2.61. The quantitative estimate of drug-likeness (QED) is 0.816. The number of H-pyrrole nitrogens is 1. The third-order valence-electron chi connectivity index (χ3n) is 3.09. The Balaban J connectivity index is 2.09. The Morgan fingerprint density at radius 1 is 1.41 bits per heavy atom. The number of nitrogens with one attached hydrogen (secondary N) is 1. The van der Waals surface area contributed by atoms with E-state index in [1.807, 2.05) is 31.2 Å². The summed E-state index contributed by atoms with van der Waals surface area (Å²) in [6.45, 7) is 3.23. The maximum atomic E-state index is 12.3. The molecule has 1 aliphatic rings. The molecule has 0 radical (unpaired) electrons. The highest BCUT2D eigenvalue weighted by Gasteiger charge is 2.25. The van der Waals surface area contributed by atoms with Crippen LogP contribution in [0.3, 0.4) is 0 Å². The molecule has 0 saturated carbocycles. The predicted octanol–water partition coefficient (Wildman–Crippen LogP) is 2.25. The minimum atomic E-state index is -0.0440. The molecular weight excluding hydrogens is 216 g/mol. The van der Waals surface area contributed by atoms with E-state index in [-0.39, 0.29) is 5.91 Å². The molecule has 2 aromatic rings. The molecule has 1 saturated heterocycles. The van der Waals surface area contributed by atoms with Crippen LogP contribution in [-0.2, 0) is 4.84 Å². The topological polar surface area (TPSA) is 45.3 Å². The zero-order chi connectivity index (χ0) is 11.8. The Morgan fingerprint density at radius 2 is 2.24 bits per heavy atom. The number of aromatic nitrogens is 1. The standard InChI is InChI=1S/C13H14N2O2/c1-9-12(13(16)15-7-4-8-17-15)10-5-2-3-6-11(10)14-9/h2-3,5-6,14H,4,7-8H2,1H3. The van der Waals surface area contributed by atoms with Gasteiger partial charge in [-0.15, -0.1) is 0 Å². The van der Waals surface area contributed by atoms with Gasteiger partial charge in [0, 0.05) is 16.6 Å². The number of hydrogen-bond acceptors (Lipinski definition) is 2. The van der Waals surface area contributed by atoms with Crippen molar-refractivity contribution in [2.24, 2.45) is 0 Å². The largest absolute Gasteiger partial charge is 0.358 e. The number of benzene rings is 1. The third-order valence-corrected chi connectivity index (χ3v) is 3.09.